The molecule has 0 aromatic heterocycles. The lowest BCUT2D eigenvalue weighted by molar-refractivity contribution is -0.127. The highest BCUT2D eigenvalue weighted by molar-refractivity contribution is 6.42. The molecule has 1 fully saturated rings. The zero-order valence-electron chi connectivity index (χ0n) is 12.2. The van der Waals surface area contributed by atoms with Gasteiger partial charge in [0.25, 0.3) is 5.91 Å². The number of hydrogen-bond acceptors (Lipinski definition) is 4. The number of amides is 1. The van der Waals surface area contributed by atoms with Gasteiger partial charge in [0.05, 0.1) is 7.11 Å². The van der Waals surface area contributed by atoms with Gasteiger partial charge in [-0.15, -0.1) is 0 Å². The summed E-state index contributed by atoms with van der Waals surface area (Å²) in [5.74, 6) is -0.142. The van der Waals surface area contributed by atoms with Crippen LogP contribution in [0.1, 0.15) is 15.9 Å². The smallest absolute Gasteiger partial charge is 0.295 e. The summed E-state index contributed by atoms with van der Waals surface area (Å²) in [6.07, 6.45) is 0. The van der Waals surface area contributed by atoms with Crippen LogP contribution in [0.4, 0.5) is 0 Å². The molecule has 0 aliphatic carbocycles. The van der Waals surface area contributed by atoms with Crippen molar-refractivity contribution >= 4 is 11.7 Å². The molecule has 1 aliphatic rings. The second kappa shape index (κ2) is 6.05. The van der Waals surface area contributed by atoms with E-state index in [0.717, 1.165) is 18.7 Å². The number of aryl methyl sites for hydroxylation is 1. The lowest BCUT2D eigenvalue weighted by Crippen LogP contribution is -2.49. The monoisotopic (exact) mass is 276 g/mol. The highest BCUT2D eigenvalue weighted by atomic mass is 16.5. The molecule has 0 spiro atoms. The standard InChI is InChI=1S/C15H20N2O3/c1-11-10-12(4-5-13(11)20-3)14(18)15(19)17-8-6-16(2)7-9-17/h4-5,10H,6-9H2,1-3H3. The van der Waals surface area contributed by atoms with Crippen LogP contribution < -0.4 is 4.74 Å². The first-order valence-electron chi connectivity index (χ1n) is 6.69. The Morgan fingerprint density at radius 3 is 2.35 bits per heavy atom. The van der Waals surface area contributed by atoms with Crippen molar-refractivity contribution in [3.05, 3.63) is 29.3 Å². The van der Waals surface area contributed by atoms with Crippen LogP contribution in [0.5, 0.6) is 5.75 Å². The Labute approximate surface area is 119 Å². The van der Waals surface area contributed by atoms with Gasteiger partial charge in [0, 0.05) is 31.7 Å². The lowest BCUT2D eigenvalue weighted by atomic mass is 10.1. The molecule has 108 valence electrons. The molecule has 0 radical (unpaired) electrons. The highest BCUT2D eigenvalue weighted by Gasteiger charge is 2.26. The van der Waals surface area contributed by atoms with Crippen LogP contribution in [0.15, 0.2) is 18.2 Å². The summed E-state index contributed by atoms with van der Waals surface area (Å²) in [4.78, 5) is 28.2. The fraction of sp³-hybridized carbons (Fsp3) is 0.467. The first kappa shape index (κ1) is 14.5. The van der Waals surface area contributed by atoms with Gasteiger partial charge in [-0.05, 0) is 37.7 Å². The van der Waals surface area contributed by atoms with Gasteiger partial charge in [-0.1, -0.05) is 0 Å². The van der Waals surface area contributed by atoms with Crippen molar-refractivity contribution in [3.63, 3.8) is 0 Å². The Bertz CT molecular complexity index is 520. The fourth-order valence-electron chi connectivity index (χ4n) is 2.30. The van der Waals surface area contributed by atoms with Gasteiger partial charge in [0.2, 0.25) is 5.78 Å². The predicted octanol–water partition coefficient (Wildman–Crippen LogP) is 0.960. The Kier molecular flexibility index (Phi) is 4.39. The van der Waals surface area contributed by atoms with Crippen molar-refractivity contribution in [2.45, 2.75) is 6.92 Å². The average molecular weight is 276 g/mol. The van der Waals surface area contributed by atoms with E-state index in [9.17, 15) is 9.59 Å². The molecule has 0 atom stereocenters. The largest absolute Gasteiger partial charge is 0.496 e. The SMILES string of the molecule is COc1ccc(C(=O)C(=O)N2CCN(C)CC2)cc1C. The van der Waals surface area contributed by atoms with E-state index in [0.29, 0.717) is 24.4 Å². The van der Waals surface area contributed by atoms with E-state index >= 15 is 0 Å². The molecule has 0 bridgehead atoms. The van der Waals surface area contributed by atoms with Crippen molar-refractivity contribution in [2.24, 2.45) is 0 Å². The number of likely N-dealkylation sites (N-methyl/N-ethyl adjacent to an activating group) is 1. The van der Waals surface area contributed by atoms with Crippen molar-refractivity contribution < 1.29 is 14.3 Å². The number of carbonyl (C=O) groups is 2. The molecule has 5 heteroatoms. The Morgan fingerprint density at radius 2 is 1.80 bits per heavy atom. The third-order valence-corrected chi connectivity index (χ3v) is 3.64. The number of hydrogen-bond donors (Lipinski definition) is 0. The van der Waals surface area contributed by atoms with Crippen LogP contribution in [0, 0.1) is 6.92 Å². The van der Waals surface area contributed by atoms with E-state index in [4.69, 9.17) is 4.74 Å². The Morgan fingerprint density at radius 1 is 1.15 bits per heavy atom. The number of piperazine rings is 1. The van der Waals surface area contributed by atoms with Crippen LogP contribution in [-0.2, 0) is 4.79 Å². The van der Waals surface area contributed by atoms with Gasteiger partial charge in [-0.2, -0.15) is 0 Å². The molecule has 20 heavy (non-hydrogen) atoms. The highest BCUT2D eigenvalue weighted by Crippen LogP contribution is 2.19. The molecule has 0 unspecified atom stereocenters. The molecular weight excluding hydrogens is 256 g/mol. The second-order valence-electron chi connectivity index (χ2n) is 5.11. The van der Waals surface area contributed by atoms with E-state index in [2.05, 4.69) is 4.90 Å². The number of benzene rings is 1. The number of methoxy groups -OCH3 is 1. The molecule has 1 saturated heterocycles. The van der Waals surface area contributed by atoms with Crippen molar-refractivity contribution in [1.29, 1.82) is 0 Å². The lowest BCUT2D eigenvalue weighted by Gasteiger charge is -2.31. The molecule has 2 rings (SSSR count). The fourth-order valence-corrected chi connectivity index (χ4v) is 2.30. The number of nitrogens with zero attached hydrogens (tertiary/aromatic N) is 2. The van der Waals surface area contributed by atoms with Gasteiger partial charge in [0.1, 0.15) is 5.75 Å². The third kappa shape index (κ3) is 2.99. The molecule has 1 aromatic carbocycles. The van der Waals surface area contributed by atoms with Gasteiger partial charge in [-0.25, -0.2) is 0 Å². The minimum Gasteiger partial charge on any atom is -0.496 e. The first-order chi connectivity index (χ1) is 9.52. The van der Waals surface area contributed by atoms with Crippen LogP contribution in [-0.4, -0.2) is 61.8 Å². The predicted molar refractivity (Wildman–Crippen MR) is 76.1 cm³/mol. The minimum absolute atomic E-state index is 0.414. The van der Waals surface area contributed by atoms with Crippen LogP contribution in [0.2, 0.25) is 0 Å². The molecular formula is C15H20N2O3. The minimum atomic E-state index is -0.444. The molecule has 0 saturated carbocycles. The molecule has 1 aliphatic heterocycles. The quantitative estimate of drug-likeness (QED) is 0.609. The topological polar surface area (TPSA) is 49.9 Å². The molecule has 1 heterocycles. The van der Waals surface area contributed by atoms with Gasteiger partial charge < -0.3 is 14.5 Å². The summed E-state index contributed by atoms with van der Waals surface area (Å²) in [5, 5.41) is 0. The van der Waals surface area contributed by atoms with Gasteiger partial charge in [0.15, 0.2) is 0 Å². The number of ether oxygens (including phenoxy) is 1. The number of carbonyl (C=O) groups excluding carboxylic acids is 2. The zero-order chi connectivity index (χ0) is 14.7. The first-order valence-corrected chi connectivity index (χ1v) is 6.69. The summed E-state index contributed by atoms with van der Waals surface area (Å²) in [5.41, 5.74) is 1.27. The maximum Gasteiger partial charge on any atom is 0.295 e. The maximum atomic E-state index is 12.2. The van der Waals surface area contributed by atoms with E-state index in [1.807, 2.05) is 14.0 Å². The van der Waals surface area contributed by atoms with Crippen molar-refractivity contribution in [1.82, 2.24) is 9.80 Å². The number of ketones is 1. The summed E-state index contributed by atoms with van der Waals surface area (Å²) >= 11 is 0. The second-order valence-corrected chi connectivity index (χ2v) is 5.11. The summed E-state index contributed by atoms with van der Waals surface area (Å²) in [6.45, 7) is 4.68. The number of rotatable bonds is 3. The molecule has 1 amide bonds. The number of Topliss-reactive ketones (excluding diaryl/α,β-unsaturated/α-hetero) is 1. The van der Waals surface area contributed by atoms with E-state index in [-0.39, 0.29) is 0 Å². The molecule has 5 nitrogen and oxygen atoms in total. The van der Waals surface area contributed by atoms with Gasteiger partial charge >= 0.3 is 0 Å². The maximum absolute atomic E-state index is 12.2. The van der Waals surface area contributed by atoms with Gasteiger partial charge in [-0.3, -0.25) is 9.59 Å². The molecule has 0 N–H and O–H groups in total. The average Bonchev–Trinajstić information content (AvgIpc) is 2.46. The van der Waals surface area contributed by atoms with Crippen LogP contribution in [0.25, 0.3) is 0 Å². The zero-order valence-corrected chi connectivity index (χ0v) is 12.2. The van der Waals surface area contributed by atoms with E-state index in [1.54, 1.807) is 30.2 Å². The van der Waals surface area contributed by atoms with Crippen molar-refractivity contribution in [3.8, 4) is 5.75 Å². The third-order valence-electron chi connectivity index (χ3n) is 3.64. The van der Waals surface area contributed by atoms with Crippen molar-refractivity contribution in [2.75, 3.05) is 40.3 Å². The van der Waals surface area contributed by atoms with E-state index < -0.39 is 11.7 Å². The Hall–Kier alpha value is -1.88. The van der Waals surface area contributed by atoms with Crippen LogP contribution in [0.3, 0.4) is 0 Å². The van der Waals surface area contributed by atoms with E-state index in [1.165, 1.54) is 0 Å². The summed E-state index contributed by atoms with van der Waals surface area (Å²) in [6, 6.07) is 5.07. The summed E-state index contributed by atoms with van der Waals surface area (Å²) < 4.78 is 5.16. The molecule has 1 aromatic rings. The summed E-state index contributed by atoms with van der Waals surface area (Å²) in [7, 11) is 3.59. The normalized spacial score (nSPS) is 16.1. The Balaban J connectivity index is 2.10. The van der Waals surface area contributed by atoms with Crippen LogP contribution >= 0.6 is 0 Å².